The quantitative estimate of drug-likeness (QED) is 0.637. The maximum atomic E-state index is 13.3. The van der Waals surface area contributed by atoms with Crippen molar-refractivity contribution in [3.8, 4) is 0 Å². The Labute approximate surface area is 192 Å². The first-order valence-electron chi connectivity index (χ1n) is 11.4. The fourth-order valence-corrected chi connectivity index (χ4v) is 5.29. The summed E-state index contributed by atoms with van der Waals surface area (Å²) < 4.78 is 1.52. The van der Waals surface area contributed by atoms with Crippen molar-refractivity contribution in [3.63, 3.8) is 0 Å². The van der Waals surface area contributed by atoms with E-state index in [2.05, 4.69) is 15.7 Å². The third-order valence-electron chi connectivity index (χ3n) is 6.39. The minimum atomic E-state index is -1.04. The molecular formula is C23H31N5O3S. The highest BCUT2D eigenvalue weighted by atomic mass is 32.1. The summed E-state index contributed by atoms with van der Waals surface area (Å²) in [4.78, 5) is 42.1. The first-order valence-corrected chi connectivity index (χ1v) is 12.3. The van der Waals surface area contributed by atoms with Crippen LogP contribution in [0.5, 0.6) is 0 Å². The van der Waals surface area contributed by atoms with E-state index in [1.54, 1.807) is 29.2 Å². The molecule has 9 heteroatoms. The Bertz CT molecular complexity index is 980. The highest BCUT2D eigenvalue weighted by molar-refractivity contribution is 7.09. The van der Waals surface area contributed by atoms with E-state index in [1.165, 1.54) is 9.56 Å². The van der Waals surface area contributed by atoms with Gasteiger partial charge in [0.25, 0.3) is 11.8 Å². The average molecular weight is 458 g/mol. The molecule has 2 aliphatic rings. The molecule has 1 unspecified atom stereocenters. The van der Waals surface area contributed by atoms with Gasteiger partial charge in [0.15, 0.2) is 5.69 Å². The van der Waals surface area contributed by atoms with Crippen LogP contribution in [0.25, 0.3) is 0 Å². The van der Waals surface area contributed by atoms with E-state index >= 15 is 0 Å². The number of hydrogen-bond donors (Lipinski definition) is 2. The van der Waals surface area contributed by atoms with Crippen LogP contribution in [0.3, 0.4) is 0 Å². The van der Waals surface area contributed by atoms with Crippen LogP contribution >= 0.6 is 11.3 Å². The zero-order chi connectivity index (χ0) is 22.7. The van der Waals surface area contributed by atoms with Gasteiger partial charge in [0.2, 0.25) is 5.91 Å². The molecule has 0 bridgehead atoms. The van der Waals surface area contributed by atoms with Crippen molar-refractivity contribution in [1.29, 1.82) is 0 Å². The summed E-state index contributed by atoms with van der Waals surface area (Å²) in [6.45, 7) is 4.99. The number of nitrogens with zero attached hydrogens (tertiary/aromatic N) is 3. The Morgan fingerprint density at radius 1 is 1.31 bits per heavy atom. The summed E-state index contributed by atoms with van der Waals surface area (Å²) in [5, 5.41) is 12.4. The Hall–Kier alpha value is -2.68. The van der Waals surface area contributed by atoms with Crippen molar-refractivity contribution in [2.75, 3.05) is 13.1 Å². The summed E-state index contributed by atoms with van der Waals surface area (Å²) >= 11 is 1.65. The molecule has 32 heavy (non-hydrogen) atoms. The first kappa shape index (κ1) is 22.5. The lowest BCUT2D eigenvalue weighted by Gasteiger charge is -2.43. The summed E-state index contributed by atoms with van der Waals surface area (Å²) in [5.74, 6) is -0.711. The minimum absolute atomic E-state index is 0.144. The zero-order valence-corrected chi connectivity index (χ0v) is 19.5. The number of hydrogen-bond acceptors (Lipinski definition) is 5. The van der Waals surface area contributed by atoms with Crippen molar-refractivity contribution in [2.24, 2.45) is 0 Å². The van der Waals surface area contributed by atoms with Gasteiger partial charge < -0.3 is 15.5 Å². The second kappa shape index (κ2) is 9.44. The van der Waals surface area contributed by atoms with Gasteiger partial charge in [-0.25, -0.2) is 0 Å². The van der Waals surface area contributed by atoms with Gasteiger partial charge in [-0.15, -0.1) is 11.3 Å². The minimum Gasteiger partial charge on any atom is -0.351 e. The molecular weight excluding hydrogens is 426 g/mol. The highest BCUT2D eigenvalue weighted by Gasteiger charge is 2.48. The predicted octanol–water partition coefficient (Wildman–Crippen LogP) is 2.60. The smallest absolute Gasteiger partial charge is 0.273 e. The van der Waals surface area contributed by atoms with E-state index in [1.807, 2.05) is 24.4 Å². The molecule has 1 atom stereocenters. The van der Waals surface area contributed by atoms with Gasteiger partial charge in [-0.05, 0) is 44.1 Å². The van der Waals surface area contributed by atoms with Crippen molar-refractivity contribution < 1.29 is 14.4 Å². The van der Waals surface area contributed by atoms with Crippen LogP contribution in [0.15, 0.2) is 23.6 Å². The number of nitrogens with one attached hydrogen (secondary N) is 2. The maximum Gasteiger partial charge on any atom is 0.273 e. The molecule has 0 spiro atoms. The Kier molecular flexibility index (Phi) is 6.64. The van der Waals surface area contributed by atoms with Crippen LogP contribution in [0.2, 0.25) is 0 Å². The molecule has 2 aromatic heterocycles. The number of carbonyl (C=O) groups is 3. The van der Waals surface area contributed by atoms with E-state index in [0.29, 0.717) is 18.8 Å². The van der Waals surface area contributed by atoms with Crippen LogP contribution in [0.1, 0.15) is 71.8 Å². The number of carbonyl (C=O) groups excluding carboxylic acids is 3. The highest BCUT2D eigenvalue weighted by Crippen LogP contribution is 2.29. The van der Waals surface area contributed by atoms with Crippen LogP contribution in [-0.2, 0) is 17.8 Å². The molecule has 0 saturated heterocycles. The molecule has 1 fully saturated rings. The first-order chi connectivity index (χ1) is 15.4. The normalized spacial score (nSPS) is 20.9. The topological polar surface area (TPSA) is 96.3 Å². The van der Waals surface area contributed by atoms with Gasteiger partial charge in [-0.2, -0.15) is 5.10 Å². The van der Waals surface area contributed by atoms with Gasteiger partial charge in [-0.1, -0.05) is 25.8 Å². The predicted molar refractivity (Wildman–Crippen MR) is 123 cm³/mol. The van der Waals surface area contributed by atoms with Crippen LogP contribution in [-0.4, -0.2) is 57.1 Å². The SMILES string of the molecule is CCCN1C(=O)c2cc(C(=O)NCCc3cccs3)nn2CC1(C)C(=O)NC1CCCC1. The van der Waals surface area contributed by atoms with Gasteiger partial charge in [0.05, 0.1) is 6.54 Å². The summed E-state index contributed by atoms with van der Waals surface area (Å²) in [7, 11) is 0. The van der Waals surface area contributed by atoms with Gasteiger partial charge in [0.1, 0.15) is 11.2 Å². The molecule has 1 aliphatic heterocycles. The van der Waals surface area contributed by atoms with E-state index < -0.39 is 5.54 Å². The third kappa shape index (κ3) is 4.44. The molecule has 8 nitrogen and oxygen atoms in total. The second-order valence-corrected chi connectivity index (χ2v) is 9.88. The fourth-order valence-electron chi connectivity index (χ4n) is 4.58. The molecule has 4 rings (SSSR count). The Morgan fingerprint density at radius 2 is 2.09 bits per heavy atom. The summed E-state index contributed by atoms with van der Waals surface area (Å²) in [6.07, 6.45) is 5.68. The number of amides is 3. The van der Waals surface area contributed by atoms with E-state index in [-0.39, 0.29) is 36.0 Å². The number of fused-ring (bicyclic) bond motifs is 1. The van der Waals surface area contributed by atoms with E-state index in [4.69, 9.17) is 0 Å². The zero-order valence-electron chi connectivity index (χ0n) is 18.7. The monoisotopic (exact) mass is 457 g/mol. The largest absolute Gasteiger partial charge is 0.351 e. The van der Waals surface area contributed by atoms with Crippen LogP contribution < -0.4 is 10.6 Å². The van der Waals surface area contributed by atoms with Crippen molar-refractivity contribution in [2.45, 2.75) is 70.5 Å². The number of aromatic nitrogens is 2. The standard InChI is InChI=1S/C23H31N5O3S/c1-3-12-27-21(30)19-14-18(20(29)24-11-10-17-9-6-13-32-17)26-28(19)15-23(27,2)22(31)25-16-7-4-5-8-16/h6,9,13-14,16H,3-5,7-8,10-12,15H2,1-2H3,(H,24,29)(H,25,31). The van der Waals surface area contributed by atoms with Gasteiger partial charge in [0, 0.05) is 30.1 Å². The van der Waals surface area contributed by atoms with Gasteiger partial charge in [-0.3, -0.25) is 19.1 Å². The lowest BCUT2D eigenvalue weighted by molar-refractivity contribution is -0.133. The van der Waals surface area contributed by atoms with Crippen molar-refractivity contribution >= 4 is 29.1 Å². The molecule has 1 saturated carbocycles. The maximum absolute atomic E-state index is 13.3. The molecule has 2 N–H and O–H groups in total. The van der Waals surface area contributed by atoms with Crippen molar-refractivity contribution in [3.05, 3.63) is 39.8 Å². The third-order valence-corrected chi connectivity index (χ3v) is 7.33. The van der Waals surface area contributed by atoms with Crippen LogP contribution in [0, 0.1) is 0 Å². The lowest BCUT2D eigenvalue weighted by atomic mass is 9.94. The van der Waals surface area contributed by atoms with Crippen molar-refractivity contribution in [1.82, 2.24) is 25.3 Å². The Morgan fingerprint density at radius 3 is 2.78 bits per heavy atom. The molecule has 0 aromatic carbocycles. The van der Waals surface area contributed by atoms with Gasteiger partial charge >= 0.3 is 0 Å². The lowest BCUT2D eigenvalue weighted by Crippen LogP contribution is -2.65. The fraction of sp³-hybridized carbons (Fsp3) is 0.565. The summed E-state index contributed by atoms with van der Waals surface area (Å²) in [5.41, 5.74) is -0.480. The summed E-state index contributed by atoms with van der Waals surface area (Å²) in [6, 6.07) is 5.73. The second-order valence-electron chi connectivity index (χ2n) is 8.84. The molecule has 3 amide bonds. The van der Waals surface area contributed by atoms with Crippen LogP contribution in [0.4, 0.5) is 0 Å². The Balaban J connectivity index is 1.50. The molecule has 172 valence electrons. The average Bonchev–Trinajstić information content (AvgIpc) is 3.53. The number of rotatable bonds is 8. The molecule has 3 heterocycles. The molecule has 0 radical (unpaired) electrons. The van der Waals surface area contributed by atoms with E-state index in [0.717, 1.165) is 38.5 Å². The number of thiophene rings is 1. The molecule has 2 aromatic rings. The van der Waals surface area contributed by atoms with E-state index in [9.17, 15) is 14.4 Å². The molecule has 1 aliphatic carbocycles.